The van der Waals surface area contributed by atoms with Gasteiger partial charge in [0.15, 0.2) is 17.5 Å². The summed E-state index contributed by atoms with van der Waals surface area (Å²) in [6.07, 6.45) is 1.76. The van der Waals surface area contributed by atoms with Crippen molar-refractivity contribution in [3.05, 3.63) is 16.6 Å². The van der Waals surface area contributed by atoms with Gasteiger partial charge in [-0.15, -0.1) is 0 Å². The quantitative estimate of drug-likeness (QED) is 0.565. The van der Waals surface area contributed by atoms with Gasteiger partial charge in [-0.1, -0.05) is 0 Å². The molecule has 17 heavy (non-hydrogen) atoms. The molecule has 6 nitrogen and oxygen atoms in total. The smallest absolute Gasteiger partial charge is 0.328 e. The Balaban J connectivity index is 2.38. The maximum Gasteiger partial charge on any atom is 0.328 e. The zero-order chi connectivity index (χ0) is 12.2. The van der Waals surface area contributed by atoms with Crippen LogP contribution in [0.25, 0.3) is 5.57 Å². The Morgan fingerprint density at radius 3 is 2.88 bits per heavy atom. The number of nitrogens with zero attached hydrogens (tertiary/aromatic N) is 2. The molecular weight excluding hydrogens is 224 g/mol. The Morgan fingerprint density at radius 1 is 1.41 bits per heavy atom. The molecule has 0 saturated heterocycles. The summed E-state index contributed by atoms with van der Waals surface area (Å²) in [6.45, 7) is 0. The van der Waals surface area contributed by atoms with Crippen molar-refractivity contribution in [1.82, 2.24) is 0 Å². The average Bonchev–Trinajstić information content (AvgIpc) is 2.70. The SMILES string of the molecule is O=C(O)[C@@H]1CC2=c3c(c(O)c(O)cc3=N1)N=C2. The molecule has 0 radical (unpaired) electrons. The van der Waals surface area contributed by atoms with E-state index in [0.29, 0.717) is 10.6 Å². The van der Waals surface area contributed by atoms with Crippen molar-refractivity contribution >= 4 is 23.4 Å². The predicted octanol–water partition coefficient (Wildman–Crippen LogP) is -0.559. The van der Waals surface area contributed by atoms with Crippen LogP contribution in [0.1, 0.15) is 6.42 Å². The maximum atomic E-state index is 10.9. The molecule has 6 heteroatoms. The molecule has 2 heterocycles. The van der Waals surface area contributed by atoms with Crippen LogP contribution in [-0.4, -0.2) is 33.5 Å². The average molecular weight is 232 g/mol. The molecule has 1 aromatic rings. The third kappa shape index (κ3) is 1.24. The fourth-order valence-corrected chi connectivity index (χ4v) is 2.10. The Morgan fingerprint density at radius 2 is 2.18 bits per heavy atom. The van der Waals surface area contributed by atoms with E-state index in [1.807, 2.05) is 0 Å². The highest BCUT2D eigenvalue weighted by atomic mass is 16.4. The molecule has 1 atom stereocenters. The van der Waals surface area contributed by atoms with Gasteiger partial charge in [0.1, 0.15) is 5.69 Å². The van der Waals surface area contributed by atoms with Crippen molar-refractivity contribution in [1.29, 1.82) is 0 Å². The number of aromatic hydroxyl groups is 2. The molecule has 3 rings (SSSR count). The van der Waals surface area contributed by atoms with Crippen molar-refractivity contribution in [3.63, 3.8) is 0 Å². The van der Waals surface area contributed by atoms with E-state index >= 15 is 0 Å². The third-order valence-electron chi connectivity index (χ3n) is 2.90. The van der Waals surface area contributed by atoms with Crippen molar-refractivity contribution in [2.45, 2.75) is 12.5 Å². The summed E-state index contributed by atoms with van der Waals surface area (Å²) in [7, 11) is 0. The van der Waals surface area contributed by atoms with Gasteiger partial charge in [-0.25, -0.2) is 4.79 Å². The lowest BCUT2D eigenvalue weighted by atomic mass is 10.0. The van der Waals surface area contributed by atoms with E-state index in [1.54, 1.807) is 0 Å². The van der Waals surface area contributed by atoms with Gasteiger partial charge in [-0.3, -0.25) is 9.98 Å². The lowest BCUT2D eigenvalue weighted by Crippen LogP contribution is -2.36. The first kappa shape index (κ1) is 9.83. The van der Waals surface area contributed by atoms with Gasteiger partial charge >= 0.3 is 5.97 Å². The van der Waals surface area contributed by atoms with Gasteiger partial charge in [-0.05, 0) is 5.57 Å². The van der Waals surface area contributed by atoms with E-state index in [4.69, 9.17) is 5.11 Å². The highest BCUT2D eigenvalue weighted by molar-refractivity contribution is 6.08. The number of hydrogen-bond acceptors (Lipinski definition) is 5. The van der Waals surface area contributed by atoms with Crippen LogP contribution in [0, 0.1) is 0 Å². The Bertz CT molecular complexity index is 690. The van der Waals surface area contributed by atoms with E-state index in [2.05, 4.69) is 9.98 Å². The van der Waals surface area contributed by atoms with Crippen molar-refractivity contribution in [2.75, 3.05) is 0 Å². The monoisotopic (exact) mass is 232 g/mol. The van der Waals surface area contributed by atoms with Crippen LogP contribution in [0.3, 0.4) is 0 Å². The van der Waals surface area contributed by atoms with Gasteiger partial charge in [0.05, 0.1) is 5.36 Å². The molecule has 0 spiro atoms. The van der Waals surface area contributed by atoms with Crippen LogP contribution in [-0.2, 0) is 4.79 Å². The largest absolute Gasteiger partial charge is 0.504 e. The third-order valence-corrected chi connectivity index (χ3v) is 2.90. The second kappa shape index (κ2) is 3.07. The van der Waals surface area contributed by atoms with Crippen molar-refractivity contribution in [3.8, 4) is 11.5 Å². The number of carbonyl (C=O) groups is 1. The summed E-state index contributed by atoms with van der Waals surface area (Å²) >= 11 is 0. The minimum Gasteiger partial charge on any atom is -0.504 e. The molecular formula is C11H8N2O4. The van der Waals surface area contributed by atoms with Crippen LogP contribution in [0.4, 0.5) is 5.69 Å². The first-order valence-electron chi connectivity index (χ1n) is 5.01. The van der Waals surface area contributed by atoms with Gasteiger partial charge < -0.3 is 15.3 Å². The molecule has 0 saturated carbocycles. The predicted molar refractivity (Wildman–Crippen MR) is 58.2 cm³/mol. The highest BCUT2D eigenvalue weighted by Crippen LogP contribution is 2.33. The summed E-state index contributed by atoms with van der Waals surface area (Å²) in [5.41, 5.74) is 0.996. The lowest BCUT2D eigenvalue weighted by molar-refractivity contribution is -0.138. The molecule has 2 aliphatic heterocycles. The Hall–Kier alpha value is -2.37. The standard InChI is InChI=1S/C11H8N2O4/c14-7-2-5-8-4(1-6(13-5)11(16)17)3-12-9(8)10(7)15/h2-3,6,14-15H,1H2,(H,16,17)/t6-/m0/s1. The van der Waals surface area contributed by atoms with Crippen LogP contribution < -0.4 is 10.6 Å². The van der Waals surface area contributed by atoms with Crippen LogP contribution in [0.15, 0.2) is 16.1 Å². The fraction of sp³-hybridized carbons (Fsp3) is 0.182. The number of phenols is 2. The molecule has 86 valence electrons. The van der Waals surface area contributed by atoms with Gasteiger partial charge in [0.2, 0.25) is 0 Å². The zero-order valence-electron chi connectivity index (χ0n) is 8.58. The zero-order valence-corrected chi connectivity index (χ0v) is 8.58. The topological polar surface area (TPSA) is 102 Å². The van der Waals surface area contributed by atoms with E-state index in [-0.39, 0.29) is 23.6 Å². The Labute approximate surface area is 94.9 Å². The molecule has 0 unspecified atom stereocenters. The van der Waals surface area contributed by atoms with E-state index in [1.165, 1.54) is 12.3 Å². The normalized spacial score (nSPS) is 20.0. The molecule has 0 fully saturated rings. The van der Waals surface area contributed by atoms with E-state index in [0.717, 1.165) is 5.57 Å². The molecule has 1 aromatic carbocycles. The number of hydrogen-bond donors (Lipinski definition) is 3. The Kier molecular flexibility index (Phi) is 1.77. The second-order valence-electron chi connectivity index (χ2n) is 3.96. The number of carboxylic acids is 1. The molecule has 0 aliphatic carbocycles. The number of aliphatic carboxylic acids is 1. The van der Waals surface area contributed by atoms with E-state index in [9.17, 15) is 15.0 Å². The minimum atomic E-state index is -1.02. The van der Waals surface area contributed by atoms with Gasteiger partial charge in [-0.2, -0.15) is 0 Å². The highest BCUT2D eigenvalue weighted by Gasteiger charge is 2.26. The van der Waals surface area contributed by atoms with Gasteiger partial charge in [0, 0.05) is 23.9 Å². The second-order valence-corrected chi connectivity index (χ2v) is 3.96. The molecule has 3 N–H and O–H groups in total. The van der Waals surface area contributed by atoms with Crippen molar-refractivity contribution < 1.29 is 20.1 Å². The van der Waals surface area contributed by atoms with Gasteiger partial charge in [0.25, 0.3) is 0 Å². The fourth-order valence-electron chi connectivity index (χ4n) is 2.10. The van der Waals surface area contributed by atoms with Crippen LogP contribution >= 0.6 is 0 Å². The summed E-state index contributed by atoms with van der Waals surface area (Å²) in [6, 6.07) is 0.400. The number of phenolic OH excluding ortho intramolecular Hbond substituents is 2. The summed E-state index contributed by atoms with van der Waals surface area (Å²) < 4.78 is 0. The molecule has 0 bridgehead atoms. The lowest BCUT2D eigenvalue weighted by Gasteiger charge is -2.12. The first-order chi connectivity index (χ1) is 8.08. The minimum absolute atomic E-state index is 0.253. The summed E-state index contributed by atoms with van der Waals surface area (Å²) in [5, 5.41) is 29.1. The maximum absolute atomic E-state index is 10.9. The first-order valence-corrected chi connectivity index (χ1v) is 5.01. The molecule has 0 amide bonds. The number of aliphatic imine (C=N–C) groups is 1. The van der Waals surface area contributed by atoms with E-state index < -0.39 is 12.0 Å². The number of carboxylic acid groups (broad SMARTS) is 1. The molecule has 0 aromatic heterocycles. The van der Waals surface area contributed by atoms with Crippen molar-refractivity contribution in [2.24, 2.45) is 9.98 Å². The number of rotatable bonds is 1. The summed E-state index contributed by atoms with van der Waals surface area (Å²) in [5.74, 6) is -1.65. The van der Waals surface area contributed by atoms with Crippen LogP contribution in [0.5, 0.6) is 11.5 Å². The van der Waals surface area contributed by atoms with Crippen LogP contribution in [0.2, 0.25) is 0 Å². The molecule has 2 aliphatic rings. The number of benzene rings is 1. The summed E-state index contributed by atoms with van der Waals surface area (Å²) in [4.78, 5) is 18.9.